The standard InChI is InChI=1S/C17H24N2OS/c1-12-11-15(21-14(12)5-4-10-18)16(20)19-13-6-8-17(2,3)9-7-13/h11,13H,6-10,18H2,1-3H3,(H,19,20). The Morgan fingerprint density at radius 1 is 1.48 bits per heavy atom. The fourth-order valence-corrected chi connectivity index (χ4v) is 3.60. The van der Waals surface area contributed by atoms with Crippen molar-refractivity contribution in [2.75, 3.05) is 6.54 Å². The molecule has 0 aromatic carbocycles. The van der Waals surface area contributed by atoms with E-state index in [2.05, 4.69) is 31.0 Å². The van der Waals surface area contributed by atoms with Gasteiger partial charge in [0.2, 0.25) is 0 Å². The number of nitrogens with two attached hydrogens (primary N) is 1. The van der Waals surface area contributed by atoms with E-state index in [0.29, 0.717) is 18.0 Å². The third-order valence-electron chi connectivity index (χ3n) is 4.12. The van der Waals surface area contributed by atoms with Gasteiger partial charge in [0.15, 0.2) is 0 Å². The Kier molecular flexibility index (Phi) is 5.08. The van der Waals surface area contributed by atoms with Crippen LogP contribution in [0.25, 0.3) is 0 Å². The van der Waals surface area contributed by atoms with E-state index in [1.807, 2.05) is 13.0 Å². The third kappa shape index (κ3) is 4.33. The van der Waals surface area contributed by atoms with Crippen molar-refractivity contribution in [2.45, 2.75) is 52.5 Å². The molecule has 3 nitrogen and oxygen atoms in total. The Bertz CT molecular complexity index is 567. The number of amides is 1. The van der Waals surface area contributed by atoms with Crippen molar-refractivity contribution in [3.05, 3.63) is 21.4 Å². The molecule has 1 fully saturated rings. The van der Waals surface area contributed by atoms with Gasteiger partial charge in [-0.05, 0) is 49.7 Å². The van der Waals surface area contributed by atoms with E-state index < -0.39 is 0 Å². The second kappa shape index (κ2) is 6.64. The van der Waals surface area contributed by atoms with Crippen molar-refractivity contribution in [1.82, 2.24) is 5.32 Å². The van der Waals surface area contributed by atoms with E-state index in [-0.39, 0.29) is 5.91 Å². The van der Waals surface area contributed by atoms with Crippen molar-refractivity contribution in [2.24, 2.45) is 11.1 Å². The van der Waals surface area contributed by atoms with Gasteiger partial charge in [-0.2, -0.15) is 0 Å². The quantitative estimate of drug-likeness (QED) is 0.825. The van der Waals surface area contributed by atoms with Gasteiger partial charge in [-0.15, -0.1) is 11.3 Å². The van der Waals surface area contributed by atoms with E-state index in [4.69, 9.17) is 5.73 Å². The molecule has 1 aromatic heterocycles. The van der Waals surface area contributed by atoms with Crippen molar-refractivity contribution < 1.29 is 4.79 Å². The van der Waals surface area contributed by atoms with Gasteiger partial charge in [0.25, 0.3) is 5.91 Å². The van der Waals surface area contributed by atoms with Crippen LogP contribution in [0.1, 0.15) is 59.6 Å². The lowest BCUT2D eigenvalue weighted by Crippen LogP contribution is -2.38. The number of hydrogen-bond acceptors (Lipinski definition) is 3. The molecule has 4 heteroatoms. The normalized spacial score (nSPS) is 17.9. The fourth-order valence-electron chi connectivity index (χ4n) is 2.65. The van der Waals surface area contributed by atoms with Gasteiger partial charge in [0.1, 0.15) is 0 Å². The first-order valence-corrected chi connectivity index (χ1v) is 8.33. The number of nitrogens with one attached hydrogen (secondary N) is 1. The van der Waals surface area contributed by atoms with Crippen LogP contribution in [0, 0.1) is 24.2 Å². The van der Waals surface area contributed by atoms with Gasteiger partial charge in [-0.25, -0.2) is 0 Å². The highest BCUT2D eigenvalue weighted by Gasteiger charge is 2.28. The molecule has 2 rings (SSSR count). The molecule has 0 saturated heterocycles. The number of thiophene rings is 1. The summed E-state index contributed by atoms with van der Waals surface area (Å²) >= 11 is 1.45. The van der Waals surface area contributed by atoms with Crippen LogP contribution in [0.5, 0.6) is 0 Å². The average molecular weight is 304 g/mol. The summed E-state index contributed by atoms with van der Waals surface area (Å²) in [6, 6.07) is 2.24. The zero-order valence-corrected chi connectivity index (χ0v) is 13.9. The molecule has 0 unspecified atom stereocenters. The molecule has 0 atom stereocenters. The summed E-state index contributed by atoms with van der Waals surface area (Å²) in [6.45, 7) is 6.93. The number of rotatable bonds is 2. The Morgan fingerprint density at radius 2 is 2.14 bits per heavy atom. The van der Waals surface area contributed by atoms with Gasteiger partial charge in [0, 0.05) is 6.04 Å². The summed E-state index contributed by atoms with van der Waals surface area (Å²) in [7, 11) is 0. The highest BCUT2D eigenvalue weighted by Crippen LogP contribution is 2.35. The number of hydrogen-bond donors (Lipinski definition) is 2. The molecule has 3 N–H and O–H groups in total. The highest BCUT2D eigenvalue weighted by molar-refractivity contribution is 7.14. The Hall–Kier alpha value is -1.31. The first-order chi connectivity index (χ1) is 9.91. The average Bonchev–Trinajstić information content (AvgIpc) is 2.80. The van der Waals surface area contributed by atoms with E-state index in [1.54, 1.807) is 0 Å². The molecule has 1 aliphatic rings. The third-order valence-corrected chi connectivity index (χ3v) is 5.27. The first kappa shape index (κ1) is 16.1. The molecular weight excluding hydrogens is 280 g/mol. The lowest BCUT2D eigenvalue weighted by Gasteiger charge is -2.34. The molecule has 1 aliphatic carbocycles. The monoisotopic (exact) mass is 304 g/mol. The number of carbonyl (C=O) groups is 1. The molecule has 1 aromatic rings. The van der Waals surface area contributed by atoms with E-state index >= 15 is 0 Å². The molecule has 114 valence electrons. The Labute approximate surface area is 131 Å². The van der Waals surface area contributed by atoms with Crippen LogP contribution < -0.4 is 11.1 Å². The molecule has 1 heterocycles. The van der Waals surface area contributed by atoms with Gasteiger partial charge < -0.3 is 11.1 Å². The SMILES string of the molecule is Cc1cc(C(=O)NC2CCC(C)(C)CC2)sc1C#CCN. The predicted octanol–water partition coefficient (Wildman–Crippen LogP) is 3.07. The zero-order chi connectivity index (χ0) is 15.5. The first-order valence-electron chi connectivity index (χ1n) is 7.51. The summed E-state index contributed by atoms with van der Waals surface area (Å²) in [6.07, 6.45) is 4.50. The molecule has 0 bridgehead atoms. The lowest BCUT2D eigenvalue weighted by molar-refractivity contribution is 0.0913. The molecule has 1 saturated carbocycles. The molecule has 0 spiro atoms. The summed E-state index contributed by atoms with van der Waals surface area (Å²) in [4.78, 5) is 14.0. The smallest absolute Gasteiger partial charge is 0.261 e. The van der Waals surface area contributed by atoms with Gasteiger partial charge in [-0.3, -0.25) is 4.79 Å². The Morgan fingerprint density at radius 3 is 2.76 bits per heavy atom. The predicted molar refractivity (Wildman–Crippen MR) is 88.5 cm³/mol. The van der Waals surface area contributed by atoms with Gasteiger partial charge >= 0.3 is 0 Å². The van der Waals surface area contributed by atoms with Crippen molar-refractivity contribution in [3.8, 4) is 11.8 Å². The second-order valence-corrected chi connectivity index (χ2v) is 7.59. The summed E-state index contributed by atoms with van der Waals surface area (Å²) < 4.78 is 0. The van der Waals surface area contributed by atoms with Crippen LogP contribution in [-0.2, 0) is 0 Å². The van der Waals surface area contributed by atoms with Gasteiger partial charge in [0.05, 0.1) is 16.3 Å². The summed E-state index contributed by atoms with van der Waals surface area (Å²) in [5.74, 6) is 5.91. The molecule has 21 heavy (non-hydrogen) atoms. The second-order valence-electron chi connectivity index (χ2n) is 6.54. The van der Waals surface area contributed by atoms with Gasteiger partial charge in [-0.1, -0.05) is 25.7 Å². The van der Waals surface area contributed by atoms with Crippen LogP contribution in [0.15, 0.2) is 6.07 Å². The number of carbonyl (C=O) groups excluding carboxylic acids is 1. The molecular formula is C17H24N2OS. The minimum atomic E-state index is 0.0357. The minimum absolute atomic E-state index is 0.0357. The van der Waals surface area contributed by atoms with Crippen LogP contribution >= 0.6 is 11.3 Å². The zero-order valence-electron chi connectivity index (χ0n) is 13.1. The van der Waals surface area contributed by atoms with Crippen molar-refractivity contribution in [1.29, 1.82) is 0 Å². The number of aryl methyl sites for hydroxylation is 1. The van der Waals surface area contributed by atoms with Crippen molar-refractivity contribution in [3.63, 3.8) is 0 Å². The fraction of sp³-hybridized carbons (Fsp3) is 0.588. The maximum absolute atomic E-state index is 12.3. The van der Waals surface area contributed by atoms with Crippen LogP contribution in [-0.4, -0.2) is 18.5 Å². The maximum atomic E-state index is 12.3. The molecule has 1 amide bonds. The lowest BCUT2D eigenvalue weighted by atomic mass is 9.75. The molecule has 0 aliphatic heterocycles. The largest absolute Gasteiger partial charge is 0.349 e. The summed E-state index contributed by atoms with van der Waals surface area (Å²) in [5.41, 5.74) is 6.86. The van der Waals surface area contributed by atoms with Crippen LogP contribution in [0.4, 0.5) is 0 Å². The Balaban J connectivity index is 1.98. The van der Waals surface area contributed by atoms with E-state index in [1.165, 1.54) is 24.2 Å². The minimum Gasteiger partial charge on any atom is -0.349 e. The van der Waals surface area contributed by atoms with Crippen LogP contribution in [0.2, 0.25) is 0 Å². The molecule has 0 radical (unpaired) electrons. The van der Waals surface area contributed by atoms with E-state index in [0.717, 1.165) is 28.2 Å². The highest BCUT2D eigenvalue weighted by atomic mass is 32.1. The summed E-state index contributed by atoms with van der Waals surface area (Å²) in [5, 5.41) is 3.17. The van der Waals surface area contributed by atoms with Crippen LogP contribution in [0.3, 0.4) is 0 Å². The topological polar surface area (TPSA) is 55.1 Å². The maximum Gasteiger partial charge on any atom is 0.261 e. The van der Waals surface area contributed by atoms with E-state index in [9.17, 15) is 4.79 Å². The van der Waals surface area contributed by atoms with Crippen molar-refractivity contribution >= 4 is 17.2 Å².